The van der Waals surface area contributed by atoms with Gasteiger partial charge in [-0.05, 0) is 31.0 Å². The van der Waals surface area contributed by atoms with Crippen molar-refractivity contribution in [2.24, 2.45) is 5.92 Å². The Morgan fingerprint density at radius 3 is 2.70 bits per heavy atom. The maximum atomic E-state index is 12.1. The van der Waals surface area contributed by atoms with Crippen LogP contribution in [-0.4, -0.2) is 27.4 Å². The van der Waals surface area contributed by atoms with Gasteiger partial charge in [0.25, 0.3) is 0 Å². The van der Waals surface area contributed by atoms with E-state index in [1.54, 1.807) is 6.07 Å². The van der Waals surface area contributed by atoms with Gasteiger partial charge in [-0.1, -0.05) is 15.9 Å². The number of nitrogens with two attached hydrogens (primary N) is 1. The first-order valence-electron chi connectivity index (χ1n) is 6.22. The largest absolute Gasteiger partial charge is 0.398 e. The second kappa shape index (κ2) is 6.11. The molecule has 0 atom stereocenters. The van der Waals surface area contributed by atoms with Crippen molar-refractivity contribution in [3.8, 4) is 0 Å². The Labute approximate surface area is 126 Å². The van der Waals surface area contributed by atoms with Gasteiger partial charge in [0.15, 0.2) is 0 Å². The zero-order valence-corrected chi connectivity index (χ0v) is 13.1. The molecule has 0 unspecified atom stereocenters. The van der Waals surface area contributed by atoms with Gasteiger partial charge in [-0.15, -0.1) is 0 Å². The van der Waals surface area contributed by atoms with Crippen molar-refractivity contribution in [3.05, 3.63) is 22.7 Å². The van der Waals surface area contributed by atoms with Crippen molar-refractivity contribution in [3.63, 3.8) is 0 Å². The highest BCUT2D eigenvalue weighted by atomic mass is 79.9. The summed E-state index contributed by atoms with van der Waals surface area (Å²) in [4.78, 5) is 11.4. The summed E-state index contributed by atoms with van der Waals surface area (Å²) in [6.07, 6.45) is 1.85. The minimum atomic E-state index is -3.67. The third kappa shape index (κ3) is 3.94. The number of amides is 1. The Balaban J connectivity index is 1.90. The van der Waals surface area contributed by atoms with Gasteiger partial charge in [-0.2, -0.15) is 0 Å². The molecule has 6 nitrogen and oxygen atoms in total. The Kier molecular flexibility index (Phi) is 4.66. The number of sulfonamides is 1. The Hall–Kier alpha value is -1.12. The number of nitrogens with one attached hydrogen (secondary N) is 2. The fourth-order valence-corrected chi connectivity index (χ4v) is 3.38. The second-order valence-electron chi connectivity index (χ2n) is 4.65. The first-order chi connectivity index (χ1) is 9.40. The highest BCUT2D eigenvalue weighted by Gasteiger charge is 2.29. The quantitative estimate of drug-likeness (QED) is 0.516. The van der Waals surface area contributed by atoms with Gasteiger partial charge >= 0.3 is 0 Å². The first-order valence-corrected chi connectivity index (χ1v) is 8.50. The average Bonchev–Trinajstić information content (AvgIpc) is 3.21. The van der Waals surface area contributed by atoms with E-state index in [1.807, 2.05) is 0 Å². The molecule has 1 amide bonds. The molecule has 2 rings (SSSR count). The molecule has 1 aliphatic carbocycles. The molecular weight excluding hydrogens is 346 g/mol. The first kappa shape index (κ1) is 15.3. The SMILES string of the molecule is Nc1ccc(Br)cc1S(=O)(=O)NCCNC(=O)C1CC1. The van der Waals surface area contributed by atoms with E-state index in [2.05, 4.69) is 26.0 Å². The molecule has 1 fully saturated rings. The molecule has 1 aromatic carbocycles. The van der Waals surface area contributed by atoms with Gasteiger partial charge in [-0.3, -0.25) is 4.79 Å². The number of hydrogen-bond donors (Lipinski definition) is 3. The van der Waals surface area contributed by atoms with Crippen LogP contribution in [0.4, 0.5) is 5.69 Å². The lowest BCUT2D eigenvalue weighted by Crippen LogP contribution is -2.35. The van der Waals surface area contributed by atoms with Crippen LogP contribution in [0, 0.1) is 5.92 Å². The van der Waals surface area contributed by atoms with E-state index in [0.717, 1.165) is 12.8 Å². The predicted molar refractivity (Wildman–Crippen MR) is 79.5 cm³/mol. The Morgan fingerprint density at radius 2 is 2.05 bits per heavy atom. The van der Waals surface area contributed by atoms with Crippen LogP contribution >= 0.6 is 15.9 Å². The number of halogens is 1. The molecule has 110 valence electrons. The number of nitrogen functional groups attached to an aromatic ring is 1. The van der Waals surface area contributed by atoms with Crippen LogP contribution in [0.1, 0.15) is 12.8 Å². The summed E-state index contributed by atoms with van der Waals surface area (Å²) in [6.45, 7) is 0.398. The van der Waals surface area contributed by atoms with Crippen LogP contribution < -0.4 is 15.8 Å². The monoisotopic (exact) mass is 361 g/mol. The second-order valence-corrected chi connectivity index (χ2v) is 7.30. The molecule has 20 heavy (non-hydrogen) atoms. The van der Waals surface area contributed by atoms with Crippen molar-refractivity contribution < 1.29 is 13.2 Å². The molecule has 0 heterocycles. The molecule has 1 aromatic rings. The van der Waals surface area contributed by atoms with E-state index >= 15 is 0 Å². The van der Waals surface area contributed by atoms with Gasteiger partial charge in [0.2, 0.25) is 15.9 Å². The topological polar surface area (TPSA) is 101 Å². The standard InChI is InChI=1S/C12H16BrN3O3S/c13-9-3-4-10(14)11(7-9)20(18,19)16-6-5-15-12(17)8-1-2-8/h3-4,7-8,16H,1-2,5-6,14H2,(H,15,17). The van der Waals surface area contributed by atoms with Crippen molar-refractivity contribution in [2.75, 3.05) is 18.8 Å². The lowest BCUT2D eigenvalue weighted by molar-refractivity contribution is -0.122. The lowest BCUT2D eigenvalue weighted by atomic mass is 10.3. The average molecular weight is 362 g/mol. The van der Waals surface area contributed by atoms with Gasteiger partial charge in [0, 0.05) is 23.5 Å². The molecule has 0 spiro atoms. The van der Waals surface area contributed by atoms with Gasteiger partial charge in [-0.25, -0.2) is 13.1 Å². The summed E-state index contributed by atoms with van der Waals surface area (Å²) < 4.78 is 27.2. The van der Waals surface area contributed by atoms with Crippen LogP contribution in [0.5, 0.6) is 0 Å². The third-order valence-corrected chi connectivity index (χ3v) is 4.94. The molecule has 0 saturated heterocycles. The molecule has 0 aliphatic heterocycles. The molecule has 1 saturated carbocycles. The molecular formula is C12H16BrN3O3S. The maximum Gasteiger partial charge on any atom is 0.242 e. The van der Waals surface area contributed by atoms with Crippen molar-refractivity contribution in [1.82, 2.24) is 10.0 Å². The number of benzene rings is 1. The fraction of sp³-hybridized carbons (Fsp3) is 0.417. The minimum Gasteiger partial charge on any atom is -0.398 e. The summed E-state index contributed by atoms with van der Waals surface area (Å²) in [5, 5.41) is 2.69. The molecule has 0 radical (unpaired) electrons. The highest BCUT2D eigenvalue weighted by molar-refractivity contribution is 9.10. The number of carbonyl (C=O) groups excluding carboxylic acids is 1. The summed E-state index contributed by atoms with van der Waals surface area (Å²) in [7, 11) is -3.67. The maximum absolute atomic E-state index is 12.1. The van der Waals surface area contributed by atoms with Crippen molar-refractivity contribution >= 4 is 37.5 Å². The van der Waals surface area contributed by atoms with Crippen LogP contribution in [0.15, 0.2) is 27.6 Å². The zero-order chi connectivity index (χ0) is 14.8. The van der Waals surface area contributed by atoms with E-state index in [9.17, 15) is 13.2 Å². The summed E-state index contributed by atoms with van der Waals surface area (Å²) in [5.41, 5.74) is 5.85. The number of rotatable bonds is 6. The fourth-order valence-electron chi connectivity index (χ4n) is 1.68. The van der Waals surface area contributed by atoms with Gasteiger partial charge < -0.3 is 11.1 Å². The van der Waals surface area contributed by atoms with Crippen LogP contribution in [0.25, 0.3) is 0 Å². The number of anilines is 1. The molecule has 4 N–H and O–H groups in total. The zero-order valence-electron chi connectivity index (χ0n) is 10.7. The van der Waals surface area contributed by atoms with Crippen molar-refractivity contribution in [1.29, 1.82) is 0 Å². The van der Waals surface area contributed by atoms with E-state index in [-0.39, 0.29) is 35.5 Å². The summed E-state index contributed by atoms with van der Waals surface area (Å²) in [5.74, 6) is 0.110. The Bertz CT molecular complexity index is 614. The highest BCUT2D eigenvalue weighted by Crippen LogP contribution is 2.28. The predicted octanol–water partition coefficient (Wildman–Crippen LogP) is 0.836. The van der Waals surface area contributed by atoms with Gasteiger partial charge in [0.05, 0.1) is 5.69 Å². The molecule has 0 aromatic heterocycles. The lowest BCUT2D eigenvalue weighted by Gasteiger charge is -2.10. The van der Waals surface area contributed by atoms with E-state index in [4.69, 9.17) is 5.73 Å². The normalized spacial score (nSPS) is 15.1. The number of carbonyl (C=O) groups is 1. The van der Waals surface area contributed by atoms with Gasteiger partial charge in [0.1, 0.15) is 4.90 Å². The summed E-state index contributed by atoms with van der Waals surface area (Å²) >= 11 is 3.21. The Morgan fingerprint density at radius 1 is 1.35 bits per heavy atom. The minimum absolute atomic E-state index is 0.00818. The third-order valence-electron chi connectivity index (χ3n) is 2.93. The molecule has 1 aliphatic rings. The van der Waals surface area contributed by atoms with Crippen LogP contribution in [0.3, 0.4) is 0 Å². The smallest absolute Gasteiger partial charge is 0.242 e. The van der Waals surface area contributed by atoms with Crippen LogP contribution in [-0.2, 0) is 14.8 Å². The van der Waals surface area contributed by atoms with E-state index in [0.29, 0.717) is 4.47 Å². The van der Waals surface area contributed by atoms with Crippen molar-refractivity contribution in [2.45, 2.75) is 17.7 Å². The number of hydrogen-bond acceptors (Lipinski definition) is 4. The molecule has 0 bridgehead atoms. The summed E-state index contributed by atoms with van der Waals surface area (Å²) in [6, 6.07) is 4.64. The van der Waals surface area contributed by atoms with E-state index in [1.165, 1.54) is 12.1 Å². The van der Waals surface area contributed by atoms with Crippen LogP contribution in [0.2, 0.25) is 0 Å². The van der Waals surface area contributed by atoms with E-state index < -0.39 is 10.0 Å². The molecule has 8 heteroatoms.